The van der Waals surface area contributed by atoms with Gasteiger partial charge in [-0.1, -0.05) is 54.6 Å². The predicted molar refractivity (Wildman–Crippen MR) is 132 cm³/mol. The van der Waals surface area contributed by atoms with Crippen molar-refractivity contribution in [3.63, 3.8) is 0 Å². The van der Waals surface area contributed by atoms with Crippen molar-refractivity contribution < 1.29 is 30.0 Å². The minimum Gasteiger partial charge on any atom is -0.394 e. The summed E-state index contributed by atoms with van der Waals surface area (Å²) >= 11 is 0. The lowest BCUT2D eigenvalue weighted by Gasteiger charge is -2.40. The molecule has 0 bridgehead atoms. The van der Waals surface area contributed by atoms with Crippen LogP contribution in [0.15, 0.2) is 91.0 Å². The van der Waals surface area contributed by atoms with E-state index in [2.05, 4.69) is 5.32 Å². The first-order valence-electron chi connectivity index (χ1n) is 11.1. The molecule has 0 radical (unpaired) electrons. The van der Waals surface area contributed by atoms with Gasteiger partial charge in [0.2, 0.25) is 0 Å². The van der Waals surface area contributed by atoms with E-state index in [-0.39, 0.29) is 6.16 Å². The van der Waals surface area contributed by atoms with Gasteiger partial charge >= 0.3 is 0 Å². The highest BCUT2D eigenvalue weighted by Crippen LogP contribution is 2.55. The first-order valence-corrected chi connectivity index (χ1v) is 13.1. The second kappa shape index (κ2) is 10.7. The van der Waals surface area contributed by atoms with Crippen LogP contribution < -0.4 is 21.2 Å². The van der Waals surface area contributed by atoms with Gasteiger partial charge in [0.1, 0.15) is 47.5 Å². The zero-order valence-electron chi connectivity index (χ0n) is 18.5. The van der Waals surface area contributed by atoms with Crippen LogP contribution in [0.3, 0.4) is 0 Å². The molecular weight excluding hydrogens is 453 g/mol. The fourth-order valence-corrected chi connectivity index (χ4v) is 8.48. The summed E-state index contributed by atoms with van der Waals surface area (Å²) in [7, 11) is -2.47. The number of benzene rings is 3. The van der Waals surface area contributed by atoms with Crippen molar-refractivity contribution in [3.05, 3.63) is 91.0 Å². The maximum atomic E-state index is 13.5. The summed E-state index contributed by atoms with van der Waals surface area (Å²) in [6.45, 7) is -0.569. The van der Waals surface area contributed by atoms with Crippen molar-refractivity contribution in [2.45, 2.75) is 30.6 Å². The van der Waals surface area contributed by atoms with Crippen LogP contribution in [0.5, 0.6) is 0 Å². The summed E-state index contributed by atoms with van der Waals surface area (Å²) in [5.74, 6) is -0.397. The van der Waals surface area contributed by atoms with E-state index in [0.29, 0.717) is 0 Å². The first-order chi connectivity index (χ1) is 16.5. The van der Waals surface area contributed by atoms with Crippen LogP contribution in [0.2, 0.25) is 0 Å². The smallest absolute Gasteiger partial charge is 0.259 e. The lowest BCUT2D eigenvalue weighted by atomic mass is 9.97. The molecule has 1 fully saturated rings. The lowest BCUT2D eigenvalue weighted by molar-refractivity contribution is -0.253. The van der Waals surface area contributed by atoms with E-state index >= 15 is 0 Å². The normalized spacial score (nSPS) is 25.0. The Bertz CT molecular complexity index is 972. The summed E-state index contributed by atoms with van der Waals surface area (Å²) in [5, 5.41) is 46.1. The number of carbonyl (C=O) groups excluding carboxylic acids is 1. The molecular formula is C26H29NO6P+. The number of aliphatic hydroxyl groups is 4. The van der Waals surface area contributed by atoms with E-state index in [0.717, 1.165) is 15.9 Å². The SMILES string of the molecule is O=C(C[P+](c1ccccc1)(c1ccccc1)c1ccccc1)N[C@H]1C(O)O[C@H](CO)[C@@H](O)[C@@H]1O. The molecule has 1 unspecified atom stereocenters. The van der Waals surface area contributed by atoms with Gasteiger partial charge in [-0.3, -0.25) is 4.79 Å². The Balaban J connectivity index is 1.73. The second-order valence-corrected chi connectivity index (χ2v) is 11.8. The van der Waals surface area contributed by atoms with Gasteiger partial charge in [0, 0.05) is 0 Å². The predicted octanol–water partition coefficient (Wildman–Crippen LogP) is -0.103. The molecule has 1 aliphatic heterocycles. The molecule has 1 heterocycles. The second-order valence-electron chi connectivity index (χ2n) is 8.30. The number of nitrogens with one attached hydrogen (secondary N) is 1. The van der Waals surface area contributed by atoms with Crippen molar-refractivity contribution in [2.24, 2.45) is 0 Å². The number of hydrogen-bond acceptors (Lipinski definition) is 6. The molecule has 3 aromatic carbocycles. The fraction of sp³-hybridized carbons (Fsp3) is 0.269. The summed E-state index contributed by atoms with van der Waals surface area (Å²) in [4.78, 5) is 13.5. The van der Waals surface area contributed by atoms with Crippen molar-refractivity contribution in [3.8, 4) is 0 Å². The van der Waals surface area contributed by atoms with Crippen molar-refractivity contribution in [2.75, 3.05) is 12.8 Å². The molecule has 178 valence electrons. The molecule has 3 aromatic rings. The minimum absolute atomic E-state index is 0.0838. The molecule has 8 heteroatoms. The van der Waals surface area contributed by atoms with E-state index < -0.39 is 50.4 Å². The molecule has 1 saturated heterocycles. The van der Waals surface area contributed by atoms with Crippen LogP contribution in [0, 0.1) is 0 Å². The number of aliphatic hydroxyl groups excluding tert-OH is 4. The largest absolute Gasteiger partial charge is 0.394 e. The van der Waals surface area contributed by atoms with Crippen molar-refractivity contribution in [1.82, 2.24) is 5.32 Å². The van der Waals surface area contributed by atoms with Crippen molar-refractivity contribution >= 4 is 29.1 Å². The summed E-state index contributed by atoms with van der Waals surface area (Å²) < 4.78 is 5.21. The van der Waals surface area contributed by atoms with E-state index in [4.69, 9.17) is 4.74 Å². The number of hydrogen-bond donors (Lipinski definition) is 5. The maximum Gasteiger partial charge on any atom is 0.259 e. The molecule has 1 aliphatic rings. The van der Waals surface area contributed by atoms with Crippen LogP contribution in [0.1, 0.15) is 0 Å². The summed E-state index contributed by atoms with van der Waals surface area (Å²) in [6.07, 6.45) is -5.57. The number of ether oxygens (including phenoxy) is 1. The molecule has 4 rings (SSSR count). The van der Waals surface area contributed by atoms with Gasteiger partial charge in [-0.15, -0.1) is 0 Å². The molecule has 0 saturated carbocycles. The summed E-state index contributed by atoms with van der Waals surface area (Å²) in [6, 6.07) is 28.3. The topological polar surface area (TPSA) is 119 Å². The number of rotatable bonds is 7. The van der Waals surface area contributed by atoms with Gasteiger partial charge in [-0.25, -0.2) is 0 Å². The fourth-order valence-electron chi connectivity index (χ4n) is 4.47. The average molecular weight is 482 g/mol. The number of carbonyl (C=O) groups is 1. The maximum absolute atomic E-state index is 13.5. The van der Waals surface area contributed by atoms with Gasteiger partial charge in [0.15, 0.2) is 12.5 Å². The minimum atomic E-state index is -2.47. The Morgan fingerprint density at radius 1 is 0.765 bits per heavy atom. The van der Waals surface area contributed by atoms with E-state index in [1.54, 1.807) is 0 Å². The van der Waals surface area contributed by atoms with Gasteiger partial charge < -0.3 is 30.5 Å². The standard InChI is InChI=1S/C26H28NO6P/c28-16-21-24(30)25(31)23(26(32)33-21)27-22(29)17-34(18-10-4-1-5-11-18,19-12-6-2-7-13-19)20-14-8-3-9-15-20/h1-15,21,23-26,28,30-32H,16-17H2/p+1/t21-,23-,24-,25-,26?/m1/s1. The molecule has 0 aromatic heterocycles. The van der Waals surface area contributed by atoms with E-state index in [9.17, 15) is 25.2 Å². The quantitative estimate of drug-likeness (QED) is 0.300. The van der Waals surface area contributed by atoms with Gasteiger partial charge in [0.05, 0.1) is 6.61 Å². The summed E-state index contributed by atoms with van der Waals surface area (Å²) in [5.41, 5.74) is 0. The third-order valence-corrected chi connectivity index (χ3v) is 10.5. The zero-order valence-corrected chi connectivity index (χ0v) is 19.4. The van der Waals surface area contributed by atoms with Gasteiger partial charge in [-0.2, -0.15) is 0 Å². The highest BCUT2D eigenvalue weighted by Gasteiger charge is 2.49. The van der Waals surface area contributed by atoms with Crippen LogP contribution in [0.25, 0.3) is 0 Å². The Labute approximate surface area is 199 Å². The van der Waals surface area contributed by atoms with Crippen molar-refractivity contribution in [1.29, 1.82) is 0 Å². The molecule has 1 amide bonds. The molecule has 0 aliphatic carbocycles. The Kier molecular flexibility index (Phi) is 7.73. The van der Waals surface area contributed by atoms with Gasteiger partial charge in [0.25, 0.3) is 5.91 Å². The Morgan fingerprint density at radius 2 is 1.21 bits per heavy atom. The zero-order chi connectivity index (χ0) is 24.1. The molecule has 0 spiro atoms. The lowest BCUT2D eigenvalue weighted by Crippen LogP contribution is -2.64. The van der Waals surface area contributed by atoms with Crippen LogP contribution in [-0.4, -0.2) is 69.7 Å². The Hall–Kier alpha value is -2.64. The third kappa shape index (κ3) is 4.77. The highest BCUT2D eigenvalue weighted by atomic mass is 31.2. The van der Waals surface area contributed by atoms with E-state index in [1.807, 2.05) is 91.0 Å². The van der Waals surface area contributed by atoms with E-state index in [1.165, 1.54) is 0 Å². The third-order valence-electron chi connectivity index (χ3n) is 6.20. The first kappa shape index (κ1) is 24.5. The monoisotopic (exact) mass is 482 g/mol. The molecule has 34 heavy (non-hydrogen) atoms. The average Bonchev–Trinajstić information content (AvgIpc) is 2.89. The van der Waals surface area contributed by atoms with Crippen LogP contribution in [0.4, 0.5) is 0 Å². The highest BCUT2D eigenvalue weighted by molar-refractivity contribution is 7.96. The van der Waals surface area contributed by atoms with Crippen LogP contribution >= 0.6 is 7.26 Å². The van der Waals surface area contributed by atoms with Gasteiger partial charge in [-0.05, 0) is 36.4 Å². The molecule has 7 nitrogen and oxygen atoms in total. The Morgan fingerprint density at radius 3 is 1.62 bits per heavy atom. The number of amides is 1. The van der Waals surface area contributed by atoms with Crippen LogP contribution in [-0.2, 0) is 9.53 Å². The molecule has 5 N–H and O–H groups in total. The molecule has 5 atom stereocenters.